The van der Waals surface area contributed by atoms with E-state index in [1.165, 1.54) is 18.4 Å². The topological polar surface area (TPSA) is 50.2 Å². The summed E-state index contributed by atoms with van der Waals surface area (Å²) in [5.41, 5.74) is 1.29. The zero-order valence-electron chi connectivity index (χ0n) is 6.93. The van der Waals surface area contributed by atoms with E-state index in [1.54, 1.807) is 12.3 Å². The second kappa shape index (κ2) is 3.75. The molecule has 0 saturated heterocycles. The highest BCUT2D eigenvalue weighted by Gasteiger charge is 2.23. The van der Waals surface area contributed by atoms with Gasteiger partial charge < -0.3 is 5.11 Å². The van der Waals surface area contributed by atoms with E-state index in [0.717, 1.165) is 0 Å². The largest absolute Gasteiger partial charge is 0.477 e. The van der Waals surface area contributed by atoms with E-state index in [1.807, 2.05) is 6.07 Å². The normalized spacial score (nSPS) is 14.8. The number of hydrogen-bond donors (Lipinski definition) is 1. The molecule has 3 nitrogen and oxygen atoms in total. The highest BCUT2D eigenvalue weighted by Crippen LogP contribution is 2.39. The molecule has 1 aromatic heterocycles. The van der Waals surface area contributed by atoms with Crippen LogP contribution in [0.1, 0.15) is 34.8 Å². The first-order chi connectivity index (χ1) is 5.77. The molecule has 13 heavy (non-hydrogen) atoms. The molecule has 1 aliphatic rings. The van der Waals surface area contributed by atoms with Crippen molar-refractivity contribution in [3.8, 4) is 0 Å². The molecule has 1 aliphatic carbocycles. The minimum absolute atomic E-state index is 0. The van der Waals surface area contributed by atoms with Gasteiger partial charge in [0.2, 0.25) is 0 Å². The van der Waals surface area contributed by atoms with Gasteiger partial charge in [0.25, 0.3) is 0 Å². The highest BCUT2D eigenvalue weighted by atomic mass is 35.5. The Balaban J connectivity index is 0.000000845. The zero-order valence-corrected chi connectivity index (χ0v) is 7.75. The van der Waals surface area contributed by atoms with Crippen LogP contribution >= 0.6 is 12.4 Å². The van der Waals surface area contributed by atoms with E-state index < -0.39 is 5.97 Å². The number of aromatic nitrogens is 1. The predicted octanol–water partition coefficient (Wildman–Crippen LogP) is 2.08. The molecule has 0 spiro atoms. The van der Waals surface area contributed by atoms with Crippen molar-refractivity contribution in [2.45, 2.75) is 18.8 Å². The number of rotatable bonds is 2. The predicted molar refractivity (Wildman–Crippen MR) is 50.4 cm³/mol. The van der Waals surface area contributed by atoms with Crippen molar-refractivity contribution >= 4 is 18.4 Å². The molecule has 0 amide bonds. The van der Waals surface area contributed by atoms with Crippen LogP contribution < -0.4 is 0 Å². The third-order valence-electron chi connectivity index (χ3n) is 2.05. The Hall–Kier alpha value is -1.09. The average Bonchev–Trinajstić information content (AvgIpc) is 2.87. The van der Waals surface area contributed by atoms with E-state index in [0.29, 0.717) is 5.92 Å². The van der Waals surface area contributed by atoms with Crippen molar-refractivity contribution in [3.63, 3.8) is 0 Å². The van der Waals surface area contributed by atoms with Crippen LogP contribution in [-0.4, -0.2) is 16.1 Å². The maximum atomic E-state index is 10.4. The van der Waals surface area contributed by atoms with Crippen molar-refractivity contribution in [1.82, 2.24) is 4.98 Å². The number of pyridine rings is 1. The van der Waals surface area contributed by atoms with E-state index in [4.69, 9.17) is 5.11 Å². The number of carboxylic acid groups (broad SMARTS) is 1. The van der Waals surface area contributed by atoms with Gasteiger partial charge in [-0.1, -0.05) is 6.07 Å². The highest BCUT2D eigenvalue weighted by molar-refractivity contribution is 5.85. The fraction of sp³-hybridized carbons (Fsp3) is 0.333. The van der Waals surface area contributed by atoms with Gasteiger partial charge in [-0.2, -0.15) is 0 Å². The van der Waals surface area contributed by atoms with Crippen molar-refractivity contribution in [2.75, 3.05) is 0 Å². The molecule has 70 valence electrons. The number of halogens is 1. The minimum atomic E-state index is -0.961. The summed E-state index contributed by atoms with van der Waals surface area (Å²) in [4.78, 5) is 14.3. The summed E-state index contributed by atoms with van der Waals surface area (Å²) in [7, 11) is 0. The minimum Gasteiger partial charge on any atom is -0.477 e. The number of aromatic carboxylic acids is 1. The molecule has 2 rings (SSSR count). The van der Waals surface area contributed by atoms with E-state index in [2.05, 4.69) is 4.98 Å². The average molecular weight is 200 g/mol. The number of carboxylic acids is 1. The Kier molecular flexibility index (Phi) is 2.88. The number of hydrogen-bond acceptors (Lipinski definition) is 2. The zero-order chi connectivity index (χ0) is 8.55. The SMILES string of the molecule is Cl.O=C(O)c1ccc(C2CC2)cn1. The Morgan fingerprint density at radius 1 is 1.46 bits per heavy atom. The van der Waals surface area contributed by atoms with Crippen molar-refractivity contribution in [1.29, 1.82) is 0 Å². The van der Waals surface area contributed by atoms with E-state index in [-0.39, 0.29) is 18.1 Å². The van der Waals surface area contributed by atoms with Crippen molar-refractivity contribution in [3.05, 3.63) is 29.6 Å². The molecule has 1 aromatic rings. The second-order valence-corrected chi connectivity index (χ2v) is 3.06. The first-order valence-electron chi connectivity index (χ1n) is 3.96. The lowest BCUT2D eigenvalue weighted by atomic mass is 10.2. The van der Waals surface area contributed by atoms with Crippen LogP contribution in [0.5, 0.6) is 0 Å². The molecule has 1 fully saturated rings. The van der Waals surface area contributed by atoms with Crippen LogP contribution in [0.2, 0.25) is 0 Å². The van der Waals surface area contributed by atoms with Crippen LogP contribution in [0.25, 0.3) is 0 Å². The molecule has 0 radical (unpaired) electrons. The summed E-state index contributed by atoms with van der Waals surface area (Å²) < 4.78 is 0. The molecule has 0 aliphatic heterocycles. The number of carbonyl (C=O) groups is 1. The van der Waals surface area contributed by atoms with Gasteiger partial charge in [0.1, 0.15) is 5.69 Å². The van der Waals surface area contributed by atoms with Crippen LogP contribution in [0, 0.1) is 0 Å². The van der Waals surface area contributed by atoms with Gasteiger partial charge in [-0.05, 0) is 30.4 Å². The Bertz CT molecular complexity index is 306. The van der Waals surface area contributed by atoms with Crippen LogP contribution in [-0.2, 0) is 0 Å². The number of nitrogens with zero attached hydrogens (tertiary/aromatic N) is 1. The monoisotopic (exact) mass is 199 g/mol. The first kappa shape index (κ1) is 9.99. The molecule has 1 heterocycles. The van der Waals surface area contributed by atoms with Crippen molar-refractivity contribution < 1.29 is 9.90 Å². The van der Waals surface area contributed by atoms with Gasteiger partial charge in [0.05, 0.1) is 0 Å². The molecule has 4 heteroatoms. The van der Waals surface area contributed by atoms with Crippen LogP contribution in [0.4, 0.5) is 0 Å². The molecule has 0 unspecified atom stereocenters. The summed E-state index contributed by atoms with van der Waals surface area (Å²) in [6.45, 7) is 0. The third-order valence-corrected chi connectivity index (χ3v) is 2.05. The summed E-state index contributed by atoms with van der Waals surface area (Å²) >= 11 is 0. The Morgan fingerprint density at radius 2 is 2.15 bits per heavy atom. The Morgan fingerprint density at radius 3 is 2.54 bits per heavy atom. The van der Waals surface area contributed by atoms with Gasteiger partial charge in [-0.15, -0.1) is 12.4 Å². The summed E-state index contributed by atoms with van der Waals surface area (Å²) in [6.07, 6.45) is 4.10. The lowest BCUT2D eigenvalue weighted by molar-refractivity contribution is 0.0690. The second-order valence-electron chi connectivity index (χ2n) is 3.06. The molecule has 0 aromatic carbocycles. The molecule has 0 atom stereocenters. The van der Waals surface area contributed by atoms with Gasteiger partial charge in [-0.25, -0.2) is 9.78 Å². The van der Waals surface area contributed by atoms with Gasteiger partial charge >= 0.3 is 5.97 Å². The lowest BCUT2D eigenvalue weighted by Gasteiger charge is -1.96. The van der Waals surface area contributed by atoms with Crippen LogP contribution in [0.15, 0.2) is 18.3 Å². The molecular weight excluding hydrogens is 190 g/mol. The lowest BCUT2D eigenvalue weighted by Crippen LogP contribution is -1.99. The van der Waals surface area contributed by atoms with E-state index >= 15 is 0 Å². The quantitative estimate of drug-likeness (QED) is 0.794. The third kappa shape index (κ3) is 2.18. The van der Waals surface area contributed by atoms with Crippen molar-refractivity contribution in [2.24, 2.45) is 0 Å². The van der Waals surface area contributed by atoms with Crippen LogP contribution in [0.3, 0.4) is 0 Å². The Labute approximate surface area is 82.2 Å². The maximum Gasteiger partial charge on any atom is 0.354 e. The van der Waals surface area contributed by atoms with E-state index in [9.17, 15) is 4.79 Å². The van der Waals surface area contributed by atoms with Gasteiger partial charge in [0.15, 0.2) is 0 Å². The molecule has 1 N–H and O–H groups in total. The summed E-state index contributed by atoms with van der Waals surface area (Å²) in [6, 6.07) is 3.42. The maximum absolute atomic E-state index is 10.4. The van der Waals surface area contributed by atoms with Gasteiger partial charge in [-0.3, -0.25) is 0 Å². The summed E-state index contributed by atoms with van der Waals surface area (Å²) in [5, 5.41) is 8.57. The fourth-order valence-electron chi connectivity index (χ4n) is 1.19. The molecular formula is C9H10ClNO2. The first-order valence-corrected chi connectivity index (χ1v) is 3.96. The summed E-state index contributed by atoms with van der Waals surface area (Å²) in [5.74, 6) is -0.322. The fourth-order valence-corrected chi connectivity index (χ4v) is 1.19. The smallest absolute Gasteiger partial charge is 0.354 e. The molecule has 0 bridgehead atoms. The molecule has 1 saturated carbocycles. The van der Waals surface area contributed by atoms with Gasteiger partial charge in [0, 0.05) is 6.20 Å². The standard InChI is InChI=1S/C9H9NO2.ClH/c11-9(12)8-4-3-7(5-10-8)6-1-2-6;/h3-6H,1-2H2,(H,11,12);1H.